The van der Waals surface area contributed by atoms with Crippen LogP contribution in [0.2, 0.25) is 0 Å². The lowest BCUT2D eigenvalue weighted by Crippen LogP contribution is -2.40. The molecule has 2 aliphatic rings. The Balaban J connectivity index is 1.29. The van der Waals surface area contributed by atoms with E-state index in [1.54, 1.807) is 0 Å². The van der Waals surface area contributed by atoms with E-state index in [-0.39, 0.29) is 11.9 Å². The third kappa shape index (κ3) is 4.28. The summed E-state index contributed by atoms with van der Waals surface area (Å²) in [7, 11) is 1.98. The van der Waals surface area contributed by atoms with Crippen LogP contribution < -0.4 is 5.32 Å². The maximum atomic E-state index is 12.4. The molecular formula is C20H29N5O3. The van der Waals surface area contributed by atoms with Crippen LogP contribution in [-0.4, -0.2) is 58.1 Å². The summed E-state index contributed by atoms with van der Waals surface area (Å²) in [6.07, 6.45) is 5.92. The highest BCUT2D eigenvalue weighted by Gasteiger charge is 2.26. The van der Waals surface area contributed by atoms with Crippen molar-refractivity contribution in [2.45, 2.75) is 51.1 Å². The number of aryl methyl sites for hydroxylation is 1. The van der Waals surface area contributed by atoms with Gasteiger partial charge in [-0.15, -0.1) is 0 Å². The number of piperidine rings is 1. The molecule has 1 N–H and O–H groups in total. The summed E-state index contributed by atoms with van der Waals surface area (Å²) in [5.74, 6) is 0.447. The third-order valence-electron chi connectivity index (χ3n) is 5.98. The van der Waals surface area contributed by atoms with Crippen molar-refractivity contribution in [3.63, 3.8) is 0 Å². The van der Waals surface area contributed by atoms with Crippen molar-refractivity contribution in [3.05, 3.63) is 35.0 Å². The fourth-order valence-electron chi connectivity index (χ4n) is 4.03. The summed E-state index contributed by atoms with van der Waals surface area (Å²) in [6.45, 7) is 6.40. The molecule has 2 fully saturated rings. The smallest absolute Gasteiger partial charge is 0.290 e. The Labute approximate surface area is 165 Å². The first-order valence-corrected chi connectivity index (χ1v) is 10.1. The molecule has 2 saturated heterocycles. The lowest BCUT2D eigenvalue weighted by atomic mass is 9.93. The molecule has 1 amide bonds. The molecule has 0 spiro atoms. The molecule has 2 aliphatic heterocycles. The highest BCUT2D eigenvalue weighted by atomic mass is 16.5. The monoisotopic (exact) mass is 387 g/mol. The van der Waals surface area contributed by atoms with Gasteiger partial charge in [-0.05, 0) is 45.7 Å². The standard InChI is InChI=1S/C20H29N5O3/c1-14-16(11-21-24(14)2)12-25-7-5-15(6-8-25)18-10-19(28-23-18)20(26)22-17-4-3-9-27-13-17/h10-11,15,17H,3-9,12-13H2,1-2H3,(H,22,26)/t17-/m1/s1. The number of nitrogens with one attached hydrogen (secondary N) is 1. The summed E-state index contributed by atoms with van der Waals surface area (Å²) >= 11 is 0. The zero-order valence-electron chi connectivity index (χ0n) is 16.7. The Morgan fingerprint density at radius 1 is 1.32 bits per heavy atom. The van der Waals surface area contributed by atoms with E-state index in [0.29, 0.717) is 18.3 Å². The first kappa shape index (κ1) is 19.1. The van der Waals surface area contributed by atoms with Gasteiger partial charge in [-0.25, -0.2) is 0 Å². The molecule has 0 radical (unpaired) electrons. The van der Waals surface area contributed by atoms with Crippen LogP contribution in [0.15, 0.2) is 16.8 Å². The fourth-order valence-corrected chi connectivity index (χ4v) is 4.03. The van der Waals surface area contributed by atoms with Gasteiger partial charge in [0.15, 0.2) is 0 Å². The quantitative estimate of drug-likeness (QED) is 0.845. The van der Waals surface area contributed by atoms with Gasteiger partial charge in [-0.3, -0.25) is 14.4 Å². The van der Waals surface area contributed by atoms with Crippen molar-refractivity contribution in [2.75, 3.05) is 26.3 Å². The van der Waals surface area contributed by atoms with Crippen molar-refractivity contribution in [3.8, 4) is 0 Å². The molecule has 2 aromatic heterocycles. The second-order valence-electron chi connectivity index (χ2n) is 7.93. The van der Waals surface area contributed by atoms with Crippen LogP contribution in [0.4, 0.5) is 0 Å². The van der Waals surface area contributed by atoms with E-state index < -0.39 is 0 Å². The van der Waals surface area contributed by atoms with Crippen molar-refractivity contribution in [1.82, 2.24) is 25.2 Å². The lowest BCUT2D eigenvalue weighted by Gasteiger charge is -2.30. The summed E-state index contributed by atoms with van der Waals surface area (Å²) in [5, 5.41) is 11.5. The number of ether oxygens (including phenoxy) is 1. The summed E-state index contributed by atoms with van der Waals surface area (Å²) in [6, 6.07) is 1.87. The number of amides is 1. The Bertz CT molecular complexity index is 801. The van der Waals surface area contributed by atoms with Crippen molar-refractivity contribution < 1.29 is 14.1 Å². The molecule has 8 heteroatoms. The number of rotatable bonds is 5. The molecule has 4 heterocycles. The van der Waals surface area contributed by atoms with Gasteiger partial charge in [0.1, 0.15) is 0 Å². The molecule has 152 valence electrons. The third-order valence-corrected chi connectivity index (χ3v) is 5.98. The minimum Gasteiger partial charge on any atom is -0.379 e. The zero-order chi connectivity index (χ0) is 19.5. The number of hydrogen-bond donors (Lipinski definition) is 1. The van der Waals surface area contributed by atoms with Gasteiger partial charge in [0.2, 0.25) is 5.76 Å². The minimum absolute atomic E-state index is 0.0639. The van der Waals surface area contributed by atoms with E-state index in [1.807, 2.05) is 24.0 Å². The average molecular weight is 387 g/mol. The molecule has 8 nitrogen and oxygen atoms in total. The second-order valence-corrected chi connectivity index (χ2v) is 7.93. The number of nitrogens with zero attached hydrogens (tertiary/aromatic N) is 4. The second kappa shape index (κ2) is 8.45. The van der Waals surface area contributed by atoms with Crippen LogP contribution in [0.1, 0.15) is 59.1 Å². The fraction of sp³-hybridized carbons (Fsp3) is 0.650. The Kier molecular flexibility index (Phi) is 5.77. The highest BCUT2D eigenvalue weighted by Crippen LogP contribution is 2.28. The SMILES string of the molecule is Cc1c(CN2CCC(c3cc(C(=O)N[C@@H]4CCCOC4)on3)CC2)cnn1C. The Morgan fingerprint density at radius 2 is 2.14 bits per heavy atom. The maximum Gasteiger partial charge on any atom is 0.290 e. The highest BCUT2D eigenvalue weighted by molar-refractivity contribution is 5.91. The lowest BCUT2D eigenvalue weighted by molar-refractivity contribution is 0.0608. The van der Waals surface area contributed by atoms with E-state index in [1.165, 1.54) is 11.3 Å². The molecular weight excluding hydrogens is 358 g/mol. The van der Waals surface area contributed by atoms with Crippen molar-refractivity contribution in [2.24, 2.45) is 7.05 Å². The van der Waals surface area contributed by atoms with Crippen LogP contribution in [-0.2, 0) is 18.3 Å². The van der Waals surface area contributed by atoms with Crippen molar-refractivity contribution >= 4 is 5.91 Å². The zero-order valence-corrected chi connectivity index (χ0v) is 16.7. The van der Waals surface area contributed by atoms with Crippen LogP contribution >= 0.6 is 0 Å². The van der Waals surface area contributed by atoms with E-state index in [9.17, 15) is 4.79 Å². The number of aromatic nitrogens is 3. The van der Waals surface area contributed by atoms with Gasteiger partial charge in [-0.1, -0.05) is 5.16 Å². The van der Waals surface area contributed by atoms with E-state index >= 15 is 0 Å². The van der Waals surface area contributed by atoms with Crippen molar-refractivity contribution in [1.29, 1.82) is 0 Å². The largest absolute Gasteiger partial charge is 0.379 e. The molecule has 0 aliphatic carbocycles. The molecule has 28 heavy (non-hydrogen) atoms. The Morgan fingerprint density at radius 3 is 2.82 bits per heavy atom. The summed E-state index contributed by atoms with van der Waals surface area (Å²) in [4.78, 5) is 14.8. The van der Waals surface area contributed by atoms with Crippen LogP contribution in [0.3, 0.4) is 0 Å². The normalized spacial score (nSPS) is 21.7. The van der Waals surface area contributed by atoms with Gasteiger partial charge >= 0.3 is 0 Å². The average Bonchev–Trinajstić information content (AvgIpc) is 3.33. The molecule has 0 bridgehead atoms. The number of likely N-dealkylation sites (tertiary alicyclic amines) is 1. The Hall–Kier alpha value is -2.19. The molecule has 0 unspecified atom stereocenters. The first-order valence-electron chi connectivity index (χ1n) is 10.1. The predicted molar refractivity (Wildman–Crippen MR) is 103 cm³/mol. The van der Waals surface area contributed by atoms with Gasteiger partial charge in [0.25, 0.3) is 5.91 Å². The molecule has 0 saturated carbocycles. The minimum atomic E-state index is -0.196. The van der Waals surface area contributed by atoms with Crippen LogP contribution in [0.5, 0.6) is 0 Å². The van der Waals surface area contributed by atoms with E-state index in [4.69, 9.17) is 9.26 Å². The van der Waals surface area contributed by atoms with Gasteiger partial charge in [0.05, 0.1) is 24.5 Å². The van der Waals surface area contributed by atoms with Crippen LogP contribution in [0.25, 0.3) is 0 Å². The van der Waals surface area contributed by atoms with Gasteiger partial charge in [-0.2, -0.15) is 5.10 Å². The van der Waals surface area contributed by atoms with Crippen LogP contribution in [0, 0.1) is 6.92 Å². The summed E-state index contributed by atoms with van der Waals surface area (Å²) in [5.41, 5.74) is 3.40. The maximum absolute atomic E-state index is 12.4. The predicted octanol–water partition coefficient (Wildman–Crippen LogP) is 2.00. The number of carbonyl (C=O) groups excluding carboxylic acids is 1. The van der Waals surface area contributed by atoms with Gasteiger partial charge < -0.3 is 14.6 Å². The number of carbonyl (C=O) groups is 1. The summed E-state index contributed by atoms with van der Waals surface area (Å²) < 4.78 is 12.7. The molecule has 0 aromatic carbocycles. The number of hydrogen-bond acceptors (Lipinski definition) is 6. The van der Waals surface area contributed by atoms with E-state index in [2.05, 4.69) is 27.4 Å². The molecule has 1 atom stereocenters. The van der Waals surface area contributed by atoms with E-state index in [0.717, 1.165) is 57.6 Å². The molecule has 2 aromatic rings. The first-order chi connectivity index (χ1) is 13.6. The molecule has 4 rings (SSSR count). The topological polar surface area (TPSA) is 85.4 Å². The van der Waals surface area contributed by atoms with Gasteiger partial charge in [0, 0.05) is 43.4 Å².